The summed E-state index contributed by atoms with van der Waals surface area (Å²) in [6.07, 6.45) is 1.47. The largest absolute Gasteiger partial charge is 0.461 e. The molecule has 0 saturated carbocycles. The third kappa shape index (κ3) is 1.55. The zero-order valence-electron chi connectivity index (χ0n) is 10.6. The van der Waals surface area contributed by atoms with E-state index in [1.807, 2.05) is 31.2 Å². The molecule has 0 radical (unpaired) electrons. The minimum Gasteiger partial charge on any atom is -0.461 e. The highest BCUT2D eigenvalue weighted by Crippen LogP contribution is 2.29. The predicted octanol–water partition coefficient (Wildman–Crippen LogP) is 2.37. The molecule has 4 rings (SSSR count). The standard InChI is InChI=1S/C14H10N4O2/c1-7-5-8-3-2-4-9(11(8)20-7)12-16-10-6-15-14(19)18-13(10)17-12/h2-6H,1H3,(H2,15,16,17,18,19). The Balaban J connectivity index is 2.03. The number of fused-ring (bicyclic) bond motifs is 2. The average molecular weight is 266 g/mol. The van der Waals surface area contributed by atoms with Crippen molar-refractivity contribution in [2.24, 2.45) is 0 Å². The summed E-state index contributed by atoms with van der Waals surface area (Å²) in [5.74, 6) is 1.49. The lowest BCUT2D eigenvalue weighted by Gasteiger charge is -1.97. The van der Waals surface area contributed by atoms with Crippen LogP contribution in [0, 0.1) is 6.92 Å². The van der Waals surface area contributed by atoms with Crippen LogP contribution in [0.1, 0.15) is 5.76 Å². The molecular formula is C14H10N4O2. The predicted molar refractivity (Wildman–Crippen MR) is 74.5 cm³/mol. The number of furan rings is 1. The van der Waals surface area contributed by atoms with Crippen molar-refractivity contribution in [2.75, 3.05) is 0 Å². The molecule has 0 atom stereocenters. The van der Waals surface area contributed by atoms with E-state index >= 15 is 0 Å². The highest BCUT2D eigenvalue weighted by Gasteiger charge is 2.12. The second kappa shape index (κ2) is 3.80. The van der Waals surface area contributed by atoms with E-state index in [0.717, 1.165) is 22.3 Å². The van der Waals surface area contributed by atoms with Crippen molar-refractivity contribution in [3.05, 3.63) is 46.7 Å². The van der Waals surface area contributed by atoms with Crippen LogP contribution in [0.2, 0.25) is 0 Å². The number of H-pyrrole nitrogens is 2. The maximum atomic E-state index is 11.2. The molecule has 0 fully saturated rings. The van der Waals surface area contributed by atoms with Gasteiger partial charge in [0, 0.05) is 5.39 Å². The smallest absolute Gasteiger partial charge is 0.346 e. The number of aromatic amines is 2. The molecule has 0 aliphatic heterocycles. The molecule has 4 aromatic rings. The Morgan fingerprint density at radius 3 is 3.05 bits per heavy atom. The van der Waals surface area contributed by atoms with E-state index < -0.39 is 5.69 Å². The molecule has 0 amide bonds. The van der Waals surface area contributed by atoms with Crippen LogP contribution in [0.5, 0.6) is 0 Å². The van der Waals surface area contributed by atoms with Gasteiger partial charge in [-0.15, -0.1) is 0 Å². The number of para-hydroxylation sites is 1. The van der Waals surface area contributed by atoms with Gasteiger partial charge >= 0.3 is 5.69 Å². The summed E-state index contributed by atoms with van der Waals surface area (Å²) in [6.45, 7) is 1.91. The number of nitrogens with zero attached hydrogens (tertiary/aromatic N) is 2. The number of benzene rings is 1. The van der Waals surface area contributed by atoms with E-state index in [9.17, 15) is 4.79 Å². The van der Waals surface area contributed by atoms with Crippen molar-refractivity contribution >= 4 is 22.1 Å². The number of hydrogen-bond acceptors (Lipinski definition) is 4. The quantitative estimate of drug-likeness (QED) is 0.553. The highest BCUT2D eigenvalue weighted by atomic mass is 16.3. The van der Waals surface area contributed by atoms with Gasteiger partial charge in [-0.25, -0.2) is 9.78 Å². The Morgan fingerprint density at radius 2 is 2.15 bits per heavy atom. The first-order valence-corrected chi connectivity index (χ1v) is 6.15. The molecule has 3 heterocycles. The Bertz CT molecular complexity index is 993. The van der Waals surface area contributed by atoms with Crippen LogP contribution >= 0.6 is 0 Å². The first-order chi connectivity index (χ1) is 9.70. The Kier molecular flexibility index (Phi) is 2.09. The Labute approximate surface area is 112 Å². The third-order valence-electron chi connectivity index (χ3n) is 3.19. The topological polar surface area (TPSA) is 87.6 Å². The van der Waals surface area contributed by atoms with Gasteiger partial charge in [-0.05, 0) is 19.1 Å². The van der Waals surface area contributed by atoms with Gasteiger partial charge < -0.3 is 9.40 Å². The monoisotopic (exact) mass is 266 g/mol. The lowest BCUT2D eigenvalue weighted by Crippen LogP contribution is -2.08. The lowest BCUT2D eigenvalue weighted by molar-refractivity contribution is 0.579. The summed E-state index contributed by atoms with van der Waals surface area (Å²) in [5.41, 5.74) is 2.38. The van der Waals surface area contributed by atoms with E-state index in [0.29, 0.717) is 17.0 Å². The summed E-state index contributed by atoms with van der Waals surface area (Å²) in [4.78, 5) is 25.0. The van der Waals surface area contributed by atoms with Gasteiger partial charge in [0.25, 0.3) is 0 Å². The lowest BCUT2D eigenvalue weighted by atomic mass is 10.1. The molecule has 98 valence electrons. The van der Waals surface area contributed by atoms with Gasteiger partial charge in [-0.2, -0.15) is 4.98 Å². The summed E-state index contributed by atoms with van der Waals surface area (Å²) < 4.78 is 5.73. The number of aromatic nitrogens is 4. The van der Waals surface area contributed by atoms with Gasteiger partial charge in [-0.3, -0.25) is 4.98 Å². The number of nitrogens with one attached hydrogen (secondary N) is 2. The molecule has 1 aromatic carbocycles. The van der Waals surface area contributed by atoms with Crippen molar-refractivity contribution in [2.45, 2.75) is 6.92 Å². The molecule has 2 N–H and O–H groups in total. The molecule has 0 spiro atoms. The van der Waals surface area contributed by atoms with E-state index in [4.69, 9.17) is 4.42 Å². The number of aryl methyl sites for hydroxylation is 1. The fraction of sp³-hybridized carbons (Fsp3) is 0.0714. The molecule has 3 aromatic heterocycles. The summed E-state index contributed by atoms with van der Waals surface area (Å²) >= 11 is 0. The van der Waals surface area contributed by atoms with Crippen LogP contribution in [0.25, 0.3) is 33.5 Å². The molecule has 0 aliphatic rings. The van der Waals surface area contributed by atoms with E-state index in [1.165, 1.54) is 6.20 Å². The maximum absolute atomic E-state index is 11.2. The summed E-state index contributed by atoms with van der Waals surface area (Å²) in [6, 6.07) is 7.83. The fourth-order valence-corrected chi connectivity index (χ4v) is 2.34. The van der Waals surface area contributed by atoms with E-state index in [1.54, 1.807) is 0 Å². The second-order valence-corrected chi connectivity index (χ2v) is 4.62. The van der Waals surface area contributed by atoms with Crippen LogP contribution in [0.4, 0.5) is 0 Å². The van der Waals surface area contributed by atoms with E-state index in [2.05, 4.69) is 19.9 Å². The zero-order chi connectivity index (χ0) is 13.7. The fourth-order valence-electron chi connectivity index (χ4n) is 2.34. The summed E-state index contributed by atoms with van der Waals surface area (Å²) in [7, 11) is 0. The number of imidazole rings is 1. The molecule has 0 aliphatic carbocycles. The molecule has 6 heteroatoms. The minimum atomic E-state index is -0.414. The molecular weight excluding hydrogens is 256 g/mol. The first-order valence-electron chi connectivity index (χ1n) is 6.15. The van der Waals surface area contributed by atoms with Crippen molar-refractivity contribution in [3.63, 3.8) is 0 Å². The number of hydrogen-bond donors (Lipinski definition) is 2. The SMILES string of the molecule is Cc1cc2cccc(-c3nc4[nH]c(=O)ncc4[nH]3)c2o1. The van der Waals surface area contributed by atoms with Crippen LogP contribution in [-0.4, -0.2) is 19.9 Å². The van der Waals surface area contributed by atoms with Crippen LogP contribution in [0.15, 0.2) is 39.7 Å². The van der Waals surface area contributed by atoms with Gasteiger partial charge in [0.05, 0.1) is 11.8 Å². The average Bonchev–Trinajstić information content (AvgIpc) is 2.99. The van der Waals surface area contributed by atoms with Crippen molar-refractivity contribution in [1.29, 1.82) is 0 Å². The van der Waals surface area contributed by atoms with Gasteiger partial charge in [0.15, 0.2) is 5.65 Å². The van der Waals surface area contributed by atoms with Crippen molar-refractivity contribution in [1.82, 2.24) is 19.9 Å². The normalized spacial score (nSPS) is 11.4. The van der Waals surface area contributed by atoms with Crippen molar-refractivity contribution in [3.8, 4) is 11.4 Å². The van der Waals surface area contributed by atoms with Crippen molar-refractivity contribution < 1.29 is 4.42 Å². The second-order valence-electron chi connectivity index (χ2n) is 4.62. The molecule has 6 nitrogen and oxygen atoms in total. The first kappa shape index (κ1) is 11.0. The summed E-state index contributed by atoms with van der Waals surface area (Å²) in [5, 5.41) is 1.02. The molecule has 0 saturated heterocycles. The maximum Gasteiger partial charge on any atom is 0.346 e. The molecule has 0 unspecified atom stereocenters. The minimum absolute atomic E-state index is 0.414. The molecule has 0 bridgehead atoms. The Morgan fingerprint density at radius 1 is 1.25 bits per heavy atom. The van der Waals surface area contributed by atoms with Crippen LogP contribution in [-0.2, 0) is 0 Å². The van der Waals surface area contributed by atoms with Gasteiger partial charge in [0.1, 0.15) is 22.7 Å². The van der Waals surface area contributed by atoms with Gasteiger partial charge in [-0.1, -0.05) is 12.1 Å². The third-order valence-corrected chi connectivity index (χ3v) is 3.19. The van der Waals surface area contributed by atoms with Crippen LogP contribution < -0.4 is 5.69 Å². The zero-order valence-corrected chi connectivity index (χ0v) is 10.6. The number of rotatable bonds is 1. The van der Waals surface area contributed by atoms with E-state index in [-0.39, 0.29) is 0 Å². The Hall–Kier alpha value is -2.89. The van der Waals surface area contributed by atoms with Gasteiger partial charge in [0.2, 0.25) is 0 Å². The highest BCUT2D eigenvalue weighted by molar-refractivity contribution is 5.92. The van der Waals surface area contributed by atoms with Crippen LogP contribution in [0.3, 0.4) is 0 Å². The molecule has 20 heavy (non-hydrogen) atoms.